The Hall–Kier alpha value is -3.69. The van der Waals surface area contributed by atoms with Crippen LogP contribution in [-0.2, 0) is 19.5 Å². The number of nitrogens with zero attached hydrogens (tertiary/aromatic N) is 4. The molecule has 0 saturated heterocycles. The van der Waals surface area contributed by atoms with Crippen LogP contribution in [0.3, 0.4) is 0 Å². The number of hydrogen-bond donors (Lipinski definition) is 2. The summed E-state index contributed by atoms with van der Waals surface area (Å²) in [5.41, 5.74) is 1.22. The summed E-state index contributed by atoms with van der Waals surface area (Å²) in [5.74, 6) is -4.42. The number of aromatic nitrogens is 3. The lowest BCUT2D eigenvalue weighted by atomic mass is 10.00. The average molecular weight is 422 g/mol. The number of rotatable bonds is 3. The molecular weight excluding hydrogens is 406 g/mol. The van der Waals surface area contributed by atoms with Crippen molar-refractivity contribution < 1.29 is 23.8 Å². The van der Waals surface area contributed by atoms with Gasteiger partial charge in [-0.1, -0.05) is 18.2 Å². The van der Waals surface area contributed by atoms with Crippen molar-refractivity contribution in [1.82, 2.24) is 19.7 Å². The zero-order valence-electron chi connectivity index (χ0n) is 16.3. The van der Waals surface area contributed by atoms with Crippen LogP contribution in [0.2, 0.25) is 0 Å². The number of hydrogen-bond acceptors (Lipinski definition) is 5. The molecule has 0 aliphatic carbocycles. The van der Waals surface area contributed by atoms with Crippen LogP contribution in [0.5, 0.6) is 0 Å². The van der Waals surface area contributed by atoms with Gasteiger partial charge in [-0.05, 0) is 35.4 Å². The molecule has 0 atom stereocenters. The molecule has 1 aliphatic rings. The number of benzene rings is 2. The highest BCUT2D eigenvalue weighted by atomic mass is 19.1. The summed E-state index contributed by atoms with van der Waals surface area (Å²) < 4.78 is 30.5. The monoisotopic (exact) mass is 422 g/mol. The average Bonchev–Trinajstić information content (AvgIpc) is 3.22. The molecule has 3 heterocycles. The van der Waals surface area contributed by atoms with Crippen LogP contribution in [0.4, 0.5) is 8.78 Å². The maximum Gasteiger partial charge on any atom is 0.296 e. The summed E-state index contributed by atoms with van der Waals surface area (Å²) in [6.45, 7) is -0.375. The van der Waals surface area contributed by atoms with Crippen LogP contribution in [0, 0.1) is 11.6 Å². The van der Waals surface area contributed by atoms with Crippen LogP contribution < -0.4 is 0 Å². The third kappa shape index (κ3) is 2.89. The first-order valence-corrected chi connectivity index (χ1v) is 9.40. The third-order valence-electron chi connectivity index (χ3n) is 5.41. The highest BCUT2D eigenvalue weighted by Gasteiger charge is 2.49. The first kappa shape index (κ1) is 19.3. The number of pyridine rings is 1. The third-order valence-corrected chi connectivity index (χ3v) is 5.41. The van der Waals surface area contributed by atoms with E-state index in [4.69, 9.17) is 0 Å². The van der Waals surface area contributed by atoms with E-state index in [2.05, 4.69) is 10.1 Å². The standard InChI is InChI=1S/C22H16F2N4O3/c1-27-11-16-14(6-7-17(23)19(16)26-27)12-4-5-13(18(24)9-12)10-28-21(29)15-3-2-8-25-20(15)22(28,30)31/h2-9,11,30-31H,10H2,1H3. The predicted molar refractivity (Wildman–Crippen MR) is 106 cm³/mol. The maximum atomic E-state index is 15.0. The number of carbonyl (C=O) groups is 1. The molecule has 31 heavy (non-hydrogen) atoms. The Morgan fingerprint density at radius 3 is 2.61 bits per heavy atom. The molecule has 0 spiro atoms. The van der Waals surface area contributed by atoms with Gasteiger partial charge in [-0.3, -0.25) is 19.4 Å². The SMILES string of the molecule is Cn1cc2c(-c3ccc(CN4C(=O)c5cccnc5C4(O)O)c(F)c3)ccc(F)c2n1. The highest BCUT2D eigenvalue weighted by molar-refractivity contribution is 5.98. The van der Waals surface area contributed by atoms with E-state index in [9.17, 15) is 23.8 Å². The minimum atomic E-state index is -2.64. The molecule has 0 radical (unpaired) electrons. The lowest BCUT2D eigenvalue weighted by Crippen LogP contribution is -2.43. The Labute approximate surface area is 174 Å². The number of fused-ring (bicyclic) bond motifs is 2. The van der Waals surface area contributed by atoms with Crippen molar-refractivity contribution in [2.45, 2.75) is 12.5 Å². The van der Waals surface area contributed by atoms with Gasteiger partial charge in [0.15, 0.2) is 5.82 Å². The largest absolute Gasteiger partial charge is 0.344 e. The van der Waals surface area contributed by atoms with Gasteiger partial charge in [0.2, 0.25) is 0 Å². The Morgan fingerprint density at radius 1 is 1.06 bits per heavy atom. The highest BCUT2D eigenvalue weighted by Crippen LogP contribution is 2.36. The van der Waals surface area contributed by atoms with Crippen LogP contribution in [0.25, 0.3) is 22.0 Å². The summed E-state index contributed by atoms with van der Waals surface area (Å²) in [6.07, 6.45) is 2.99. The molecule has 1 aliphatic heterocycles. The van der Waals surface area contributed by atoms with Crippen molar-refractivity contribution in [3.05, 3.63) is 83.3 Å². The molecule has 0 fully saturated rings. The van der Waals surface area contributed by atoms with Crippen LogP contribution >= 0.6 is 0 Å². The van der Waals surface area contributed by atoms with Crippen molar-refractivity contribution in [2.75, 3.05) is 0 Å². The molecule has 1 amide bonds. The van der Waals surface area contributed by atoms with E-state index < -0.39 is 23.5 Å². The lowest BCUT2D eigenvalue weighted by molar-refractivity contribution is -0.255. The first-order chi connectivity index (χ1) is 14.8. The van der Waals surface area contributed by atoms with Crippen LogP contribution in [0.1, 0.15) is 21.6 Å². The Bertz CT molecular complexity index is 1370. The van der Waals surface area contributed by atoms with Gasteiger partial charge < -0.3 is 10.2 Å². The van der Waals surface area contributed by atoms with Crippen LogP contribution in [0.15, 0.2) is 54.9 Å². The van der Waals surface area contributed by atoms with Crippen molar-refractivity contribution in [1.29, 1.82) is 0 Å². The zero-order valence-corrected chi connectivity index (χ0v) is 16.3. The van der Waals surface area contributed by atoms with Gasteiger partial charge in [-0.2, -0.15) is 5.10 Å². The van der Waals surface area contributed by atoms with E-state index in [1.54, 1.807) is 25.4 Å². The molecular formula is C22H16F2N4O3. The molecule has 0 unspecified atom stereocenters. The summed E-state index contributed by atoms with van der Waals surface area (Å²) >= 11 is 0. The topological polar surface area (TPSA) is 91.5 Å². The molecule has 0 bridgehead atoms. The van der Waals surface area contributed by atoms with Gasteiger partial charge in [0.25, 0.3) is 11.8 Å². The molecule has 2 aromatic carbocycles. The molecule has 0 saturated carbocycles. The van der Waals surface area contributed by atoms with Gasteiger partial charge in [0, 0.05) is 30.4 Å². The molecule has 2 N–H and O–H groups in total. The molecule has 5 rings (SSSR count). The summed E-state index contributed by atoms with van der Waals surface area (Å²) in [4.78, 5) is 17.2. The molecule has 156 valence electrons. The van der Waals surface area contributed by atoms with Crippen molar-refractivity contribution in [3.63, 3.8) is 0 Å². The summed E-state index contributed by atoms with van der Waals surface area (Å²) in [7, 11) is 1.67. The second kappa shape index (κ2) is 6.66. The second-order valence-electron chi connectivity index (χ2n) is 7.39. The van der Waals surface area contributed by atoms with E-state index in [1.165, 1.54) is 41.2 Å². The van der Waals surface area contributed by atoms with E-state index >= 15 is 0 Å². The number of aliphatic hydroxyl groups is 2. The van der Waals surface area contributed by atoms with E-state index in [-0.39, 0.29) is 28.9 Å². The van der Waals surface area contributed by atoms with Gasteiger partial charge in [-0.15, -0.1) is 0 Å². The molecule has 4 aromatic rings. The van der Waals surface area contributed by atoms with Crippen molar-refractivity contribution in [2.24, 2.45) is 7.05 Å². The Kier molecular flexibility index (Phi) is 4.14. The normalized spacial score (nSPS) is 15.0. The fraction of sp³-hybridized carbons (Fsp3) is 0.136. The minimum Gasteiger partial charge on any atom is -0.344 e. The Balaban J connectivity index is 1.51. The van der Waals surface area contributed by atoms with Crippen molar-refractivity contribution in [3.8, 4) is 11.1 Å². The summed E-state index contributed by atoms with van der Waals surface area (Å²) in [6, 6.07) is 10.1. The fourth-order valence-electron chi connectivity index (χ4n) is 3.89. The summed E-state index contributed by atoms with van der Waals surface area (Å²) in [5, 5.41) is 25.5. The number of carbonyl (C=O) groups excluding carboxylic acids is 1. The quantitative estimate of drug-likeness (QED) is 0.496. The molecule has 7 nitrogen and oxygen atoms in total. The minimum absolute atomic E-state index is 0.0508. The van der Waals surface area contributed by atoms with E-state index in [0.29, 0.717) is 16.5 Å². The van der Waals surface area contributed by atoms with Crippen LogP contribution in [-0.4, -0.2) is 35.8 Å². The van der Waals surface area contributed by atoms with Gasteiger partial charge in [-0.25, -0.2) is 8.78 Å². The molecule has 2 aromatic heterocycles. The predicted octanol–water partition coefficient (Wildman–Crippen LogP) is 2.66. The second-order valence-corrected chi connectivity index (χ2v) is 7.39. The Morgan fingerprint density at radius 2 is 1.87 bits per heavy atom. The maximum absolute atomic E-state index is 15.0. The van der Waals surface area contributed by atoms with Gasteiger partial charge in [0.1, 0.15) is 17.0 Å². The molecule has 9 heteroatoms. The lowest BCUT2D eigenvalue weighted by Gasteiger charge is -2.28. The number of amides is 1. The number of aryl methyl sites for hydroxylation is 1. The van der Waals surface area contributed by atoms with Crippen molar-refractivity contribution >= 4 is 16.8 Å². The van der Waals surface area contributed by atoms with Gasteiger partial charge >= 0.3 is 0 Å². The fourth-order valence-corrected chi connectivity index (χ4v) is 3.89. The number of halogens is 2. The van der Waals surface area contributed by atoms with Gasteiger partial charge in [0.05, 0.1) is 12.1 Å². The van der Waals surface area contributed by atoms with E-state index in [0.717, 1.165) is 4.90 Å². The smallest absolute Gasteiger partial charge is 0.296 e. The zero-order chi connectivity index (χ0) is 21.9. The first-order valence-electron chi connectivity index (χ1n) is 9.40. The van der Waals surface area contributed by atoms with E-state index in [1.807, 2.05) is 0 Å².